The van der Waals surface area contributed by atoms with Crippen LogP contribution in [0.4, 0.5) is 0 Å². The third kappa shape index (κ3) is 2.59. The van der Waals surface area contributed by atoms with Gasteiger partial charge in [-0.2, -0.15) is 0 Å². The molecule has 0 radical (unpaired) electrons. The number of carbonyl (C=O) groups is 1. The van der Waals surface area contributed by atoms with Crippen molar-refractivity contribution in [1.29, 1.82) is 0 Å². The summed E-state index contributed by atoms with van der Waals surface area (Å²) in [5, 5.41) is 8.66. The Balaban J connectivity index is 2.13. The van der Waals surface area contributed by atoms with Crippen molar-refractivity contribution in [2.75, 3.05) is 6.61 Å². The standard InChI is InChI=1S/C19H15ClN4O2/c1-3-26-19(25)12-8-14(13-6-4-5-7-15(13)20)17-16(9-12)24-10-21-23-18(24)11(2)22-17/h4-10H,3H2,1-2H3. The SMILES string of the molecule is CCOC(=O)c1cc(-c2ccccc2Cl)c2nc(C)c3nncn3c2c1. The Kier molecular flexibility index (Phi) is 4.05. The van der Waals surface area contributed by atoms with E-state index in [0.29, 0.717) is 22.8 Å². The molecule has 2 aromatic carbocycles. The Labute approximate surface area is 154 Å². The number of benzene rings is 2. The monoisotopic (exact) mass is 366 g/mol. The first kappa shape index (κ1) is 16.5. The van der Waals surface area contributed by atoms with Gasteiger partial charge in [0, 0.05) is 16.1 Å². The molecule has 0 unspecified atom stereocenters. The van der Waals surface area contributed by atoms with Crippen LogP contribution in [0.2, 0.25) is 5.02 Å². The molecule has 0 amide bonds. The molecule has 0 N–H and O–H groups in total. The molecule has 2 aromatic heterocycles. The molecule has 4 rings (SSSR count). The number of aromatic nitrogens is 4. The highest BCUT2D eigenvalue weighted by molar-refractivity contribution is 6.33. The van der Waals surface area contributed by atoms with Gasteiger partial charge in [-0.25, -0.2) is 9.78 Å². The van der Waals surface area contributed by atoms with E-state index in [1.807, 2.05) is 35.6 Å². The van der Waals surface area contributed by atoms with Crippen molar-refractivity contribution in [2.45, 2.75) is 13.8 Å². The van der Waals surface area contributed by atoms with Crippen molar-refractivity contribution >= 4 is 34.3 Å². The number of nitrogens with zero attached hydrogens (tertiary/aromatic N) is 4. The van der Waals surface area contributed by atoms with E-state index < -0.39 is 5.97 Å². The Morgan fingerprint density at radius 3 is 2.81 bits per heavy atom. The molecule has 2 heterocycles. The maximum absolute atomic E-state index is 12.4. The van der Waals surface area contributed by atoms with E-state index in [1.54, 1.807) is 25.4 Å². The van der Waals surface area contributed by atoms with Crippen LogP contribution in [0.15, 0.2) is 42.7 Å². The second kappa shape index (κ2) is 6.38. The first-order chi connectivity index (χ1) is 12.6. The number of halogens is 1. The predicted molar refractivity (Wildman–Crippen MR) is 99.4 cm³/mol. The van der Waals surface area contributed by atoms with Crippen molar-refractivity contribution in [1.82, 2.24) is 19.6 Å². The van der Waals surface area contributed by atoms with Gasteiger partial charge in [0.15, 0.2) is 5.65 Å². The van der Waals surface area contributed by atoms with Crippen molar-refractivity contribution in [2.24, 2.45) is 0 Å². The van der Waals surface area contributed by atoms with Crippen LogP contribution in [0.25, 0.3) is 27.8 Å². The molecule has 0 saturated carbocycles. The number of esters is 1. The molecule has 0 bridgehead atoms. The summed E-state index contributed by atoms with van der Waals surface area (Å²) in [7, 11) is 0. The first-order valence-corrected chi connectivity index (χ1v) is 8.54. The average Bonchev–Trinajstić information content (AvgIpc) is 3.13. The molecule has 0 saturated heterocycles. The van der Waals surface area contributed by atoms with Gasteiger partial charge < -0.3 is 4.74 Å². The van der Waals surface area contributed by atoms with E-state index in [0.717, 1.165) is 27.9 Å². The minimum atomic E-state index is -0.399. The molecular formula is C19H15ClN4O2. The largest absolute Gasteiger partial charge is 0.462 e. The third-order valence-corrected chi connectivity index (χ3v) is 4.50. The van der Waals surface area contributed by atoms with Crippen LogP contribution < -0.4 is 0 Å². The molecule has 6 nitrogen and oxygen atoms in total. The minimum Gasteiger partial charge on any atom is -0.462 e. The van der Waals surface area contributed by atoms with E-state index in [1.165, 1.54) is 0 Å². The topological polar surface area (TPSA) is 69.4 Å². The summed E-state index contributed by atoms with van der Waals surface area (Å²) in [6, 6.07) is 11.0. The minimum absolute atomic E-state index is 0.298. The summed E-state index contributed by atoms with van der Waals surface area (Å²) >= 11 is 6.41. The fraction of sp³-hybridized carbons (Fsp3) is 0.158. The molecule has 4 aromatic rings. The summed E-state index contributed by atoms with van der Waals surface area (Å²) in [6.07, 6.45) is 1.61. The molecule has 0 aliphatic carbocycles. The molecule has 0 spiro atoms. The number of ether oxygens (including phenoxy) is 1. The van der Waals surface area contributed by atoms with Crippen molar-refractivity contribution in [3.8, 4) is 11.1 Å². The maximum Gasteiger partial charge on any atom is 0.338 e. The highest BCUT2D eigenvalue weighted by Crippen LogP contribution is 2.34. The van der Waals surface area contributed by atoms with Gasteiger partial charge in [0.05, 0.1) is 28.9 Å². The molecule has 7 heteroatoms. The van der Waals surface area contributed by atoms with Gasteiger partial charge in [0.25, 0.3) is 0 Å². The molecule has 0 atom stereocenters. The van der Waals surface area contributed by atoms with Gasteiger partial charge in [-0.1, -0.05) is 29.8 Å². The van der Waals surface area contributed by atoms with E-state index in [9.17, 15) is 4.79 Å². The maximum atomic E-state index is 12.4. The lowest BCUT2D eigenvalue weighted by Crippen LogP contribution is -2.06. The van der Waals surface area contributed by atoms with Crippen LogP contribution in [0.1, 0.15) is 23.0 Å². The van der Waals surface area contributed by atoms with E-state index in [4.69, 9.17) is 21.3 Å². The Morgan fingerprint density at radius 1 is 1.23 bits per heavy atom. The van der Waals surface area contributed by atoms with Gasteiger partial charge in [0.2, 0.25) is 0 Å². The van der Waals surface area contributed by atoms with Crippen molar-refractivity contribution in [3.05, 3.63) is 59.0 Å². The van der Waals surface area contributed by atoms with E-state index in [-0.39, 0.29) is 0 Å². The lowest BCUT2D eigenvalue weighted by molar-refractivity contribution is 0.0526. The lowest BCUT2D eigenvalue weighted by Gasteiger charge is -2.13. The van der Waals surface area contributed by atoms with Gasteiger partial charge in [-0.05, 0) is 32.0 Å². The highest BCUT2D eigenvalue weighted by Gasteiger charge is 2.18. The molecule has 0 aliphatic heterocycles. The summed E-state index contributed by atoms with van der Waals surface area (Å²) < 4.78 is 7.00. The summed E-state index contributed by atoms with van der Waals surface area (Å²) in [4.78, 5) is 17.1. The highest BCUT2D eigenvalue weighted by atomic mass is 35.5. The second-order valence-corrected chi connectivity index (χ2v) is 6.22. The van der Waals surface area contributed by atoms with E-state index in [2.05, 4.69) is 10.2 Å². The Hall–Kier alpha value is -2.99. The smallest absolute Gasteiger partial charge is 0.338 e. The summed E-state index contributed by atoms with van der Waals surface area (Å²) in [6.45, 7) is 3.95. The summed E-state index contributed by atoms with van der Waals surface area (Å²) in [5.74, 6) is -0.399. The Morgan fingerprint density at radius 2 is 2.04 bits per heavy atom. The van der Waals surface area contributed by atoms with Crippen LogP contribution in [0, 0.1) is 6.92 Å². The molecule has 26 heavy (non-hydrogen) atoms. The average molecular weight is 367 g/mol. The van der Waals surface area contributed by atoms with Gasteiger partial charge >= 0.3 is 5.97 Å². The number of hydrogen-bond acceptors (Lipinski definition) is 5. The van der Waals surface area contributed by atoms with Crippen molar-refractivity contribution < 1.29 is 9.53 Å². The van der Waals surface area contributed by atoms with Gasteiger partial charge in [-0.15, -0.1) is 10.2 Å². The number of aryl methyl sites for hydroxylation is 1. The number of hydrogen-bond donors (Lipinski definition) is 0. The molecule has 0 fully saturated rings. The van der Waals surface area contributed by atoms with E-state index >= 15 is 0 Å². The van der Waals surface area contributed by atoms with Crippen LogP contribution in [0.3, 0.4) is 0 Å². The molecule has 0 aliphatic rings. The lowest BCUT2D eigenvalue weighted by atomic mass is 10.0. The summed E-state index contributed by atoms with van der Waals surface area (Å²) in [5.41, 5.74) is 4.80. The van der Waals surface area contributed by atoms with Crippen LogP contribution >= 0.6 is 11.6 Å². The van der Waals surface area contributed by atoms with Crippen LogP contribution in [0.5, 0.6) is 0 Å². The predicted octanol–water partition coefficient (Wildman–Crippen LogP) is 4.08. The third-order valence-electron chi connectivity index (χ3n) is 4.18. The zero-order valence-electron chi connectivity index (χ0n) is 14.2. The zero-order valence-corrected chi connectivity index (χ0v) is 15.0. The zero-order chi connectivity index (χ0) is 18.3. The number of carbonyl (C=O) groups excluding carboxylic acids is 1. The van der Waals surface area contributed by atoms with Crippen LogP contribution in [-0.2, 0) is 4.74 Å². The fourth-order valence-electron chi connectivity index (χ4n) is 3.01. The van der Waals surface area contributed by atoms with Crippen molar-refractivity contribution in [3.63, 3.8) is 0 Å². The normalized spacial score (nSPS) is 11.2. The fourth-order valence-corrected chi connectivity index (χ4v) is 3.25. The first-order valence-electron chi connectivity index (χ1n) is 8.16. The second-order valence-electron chi connectivity index (χ2n) is 5.81. The number of rotatable bonds is 3. The van der Waals surface area contributed by atoms with Crippen LogP contribution in [-0.4, -0.2) is 32.2 Å². The molecular weight excluding hydrogens is 352 g/mol. The Bertz CT molecular complexity index is 1150. The van der Waals surface area contributed by atoms with Gasteiger partial charge in [-0.3, -0.25) is 4.40 Å². The van der Waals surface area contributed by atoms with Gasteiger partial charge in [0.1, 0.15) is 6.33 Å². The number of fused-ring (bicyclic) bond motifs is 3. The quantitative estimate of drug-likeness (QED) is 0.511. The molecule has 130 valence electrons.